The van der Waals surface area contributed by atoms with Crippen LogP contribution in [0.3, 0.4) is 0 Å². The van der Waals surface area contributed by atoms with Gasteiger partial charge in [0, 0.05) is 11.1 Å². The molecule has 3 nitrogen and oxygen atoms in total. The summed E-state index contributed by atoms with van der Waals surface area (Å²) < 4.78 is 13.4. The number of anilines is 1. The molecule has 0 unspecified atom stereocenters. The van der Waals surface area contributed by atoms with E-state index in [1.54, 1.807) is 24.3 Å². The molecule has 4 heteroatoms. The molecule has 0 saturated carbocycles. The summed E-state index contributed by atoms with van der Waals surface area (Å²) in [5.74, 6) is -0.975. The SMILES string of the molecule is CC(=O)c1ccc(C(=O)Nc2ccccc2F)cc1. The van der Waals surface area contributed by atoms with Gasteiger partial charge in [-0.25, -0.2) is 4.39 Å². The fourth-order valence-electron chi connectivity index (χ4n) is 1.61. The lowest BCUT2D eigenvalue weighted by Crippen LogP contribution is -2.13. The van der Waals surface area contributed by atoms with E-state index in [0.717, 1.165) is 0 Å². The molecule has 96 valence electrons. The van der Waals surface area contributed by atoms with E-state index < -0.39 is 11.7 Å². The molecule has 0 spiro atoms. The van der Waals surface area contributed by atoms with Gasteiger partial charge in [-0.3, -0.25) is 9.59 Å². The maximum Gasteiger partial charge on any atom is 0.255 e. The number of carbonyl (C=O) groups excluding carboxylic acids is 2. The summed E-state index contributed by atoms with van der Waals surface area (Å²) in [5, 5.41) is 2.48. The fourth-order valence-corrected chi connectivity index (χ4v) is 1.61. The van der Waals surface area contributed by atoms with Crippen molar-refractivity contribution >= 4 is 17.4 Å². The highest BCUT2D eigenvalue weighted by molar-refractivity contribution is 6.05. The number of ketones is 1. The second-order valence-corrected chi connectivity index (χ2v) is 4.07. The lowest BCUT2D eigenvalue weighted by molar-refractivity contribution is 0.100. The number of nitrogens with one attached hydrogen (secondary N) is 1. The third kappa shape index (κ3) is 3.04. The molecule has 0 aliphatic heterocycles. The predicted molar refractivity (Wildman–Crippen MR) is 70.8 cm³/mol. The molecule has 0 saturated heterocycles. The van der Waals surface area contributed by atoms with Gasteiger partial charge in [-0.2, -0.15) is 0 Å². The first kappa shape index (κ1) is 13.0. The van der Waals surface area contributed by atoms with Crippen LogP contribution in [0.25, 0.3) is 0 Å². The third-order valence-corrected chi connectivity index (χ3v) is 2.68. The van der Waals surface area contributed by atoms with Crippen LogP contribution < -0.4 is 5.32 Å². The van der Waals surface area contributed by atoms with Crippen LogP contribution in [0.2, 0.25) is 0 Å². The number of hydrogen-bond donors (Lipinski definition) is 1. The Morgan fingerprint density at radius 3 is 2.11 bits per heavy atom. The van der Waals surface area contributed by atoms with Gasteiger partial charge < -0.3 is 5.32 Å². The van der Waals surface area contributed by atoms with Crippen molar-refractivity contribution in [1.29, 1.82) is 0 Å². The molecular weight excluding hydrogens is 245 g/mol. The van der Waals surface area contributed by atoms with E-state index in [1.165, 1.54) is 31.2 Å². The molecule has 1 N–H and O–H groups in total. The quantitative estimate of drug-likeness (QED) is 0.858. The first-order valence-electron chi connectivity index (χ1n) is 5.75. The van der Waals surface area contributed by atoms with Crippen LogP contribution in [-0.4, -0.2) is 11.7 Å². The van der Waals surface area contributed by atoms with Crippen molar-refractivity contribution in [3.05, 3.63) is 65.5 Å². The molecule has 2 rings (SSSR count). The van der Waals surface area contributed by atoms with Crippen molar-refractivity contribution in [1.82, 2.24) is 0 Å². The van der Waals surface area contributed by atoms with Crippen LogP contribution in [0.15, 0.2) is 48.5 Å². The summed E-state index contributed by atoms with van der Waals surface area (Å²) in [6.07, 6.45) is 0. The molecule has 2 aromatic carbocycles. The van der Waals surface area contributed by atoms with Crippen LogP contribution in [-0.2, 0) is 0 Å². The Morgan fingerprint density at radius 1 is 0.947 bits per heavy atom. The smallest absolute Gasteiger partial charge is 0.255 e. The first-order chi connectivity index (χ1) is 9.08. The third-order valence-electron chi connectivity index (χ3n) is 2.68. The van der Waals surface area contributed by atoms with E-state index in [0.29, 0.717) is 11.1 Å². The van der Waals surface area contributed by atoms with Gasteiger partial charge >= 0.3 is 0 Å². The summed E-state index contributed by atoms with van der Waals surface area (Å²) in [6, 6.07) is 12.1. The van der Waals surface area contributed by atoms with E-state index >= 15 is 0 Å². The second kappa shape index (κ2) is 5.44. The van der Waals surface area contributed by atoms with Crippen molar-refractivity contribution in [2.45, 2.75) is 6.92 Å². The normalized spacial score (nSPS) is 10.0. The average molecular weight is 257 g/mol. The number of halogens is 1. The minimum atomic E-state index is -0.490. The number of benzene rings is 2. The van der Waals surface area contributed by atoms with Gasteiger partial charge in [-0.05, 0) is 31.2 Å². The Bertz CT molecular complexity index is 620. The highest BCUT2D eigenvalue weighted by Crippen LogP contribution is 2.14. The lowest BCUT2D eigenvalue weighted by atomic mass is 10.1. The van der Waals surface area contributed by atoms with Crippen molar-refractivity contribution in [2.75, 3.05) is 5.32 Å². The van der Waals surface area contributed by atoms with Gasteiger partial charge in [0.1, 0.15) is 5.82 Å². The zero-order chi connectivity index (χ0) is 13.8. The van der Waals surface area contributed by atoms with Crippen molar-refractivity contribution < 1.29 is 14.0 Å². The van der Waals surface area contributed by atoms with E-state index in [1.807, 2.05) is 0 Å². The van der Waals surface area contributed by atoms with Crippen molar-refractivity contribution in [3.8, 4) is 0 Å². The number of para-hydroxylation sites is 1. The zero-order valence-electron chi connectivity index (χ0n) is 10.3. The van der Waals surface area contributed by atoms with Crippen LogP contribution in [0.5, 0.6) is 0 Å². The second-order valence-electron chi connectivity index (χ2n) is 4.07. The predicted octanol–water partition coefficient (Wildman–Crippen LogP) is 3.28. The summed E-state index contributed by atoms with van der Waals surface area (Å²) >= 11 is 0. The van der Waals surface area contributed by atoms with Crippen LogP contribution in [0.4, 0.5) is 10.1 Å². The largest absolute Gasteiger partial charge is 0.319 e. The maximum atomic E-state index is 13.4. The van der Waals surface area contributed by atoms with Gasteiger partial charge in [0.25, 0.3) is 5.91 Å². The van der Waals surface area contributed by atoms with Crippen LogP contribution >= 0.6 is 0 Å². The molecule has 2 aromatic rings. The first-order valence-corrected chi connectivity index (χ1v) is 5.75. The number of rotatable bonds is 3. The average Bonchev–Trinajstić information content (AvgIpc) is 2.41. The minimum absolute atomic E-state index is 0.0685. The molecule has 0 atom stereocenters. The molecule has 1 amide bonds. The zero-order valence-corrected chi connectivity index (χ0v) is 10.3. The van der Waals surface area contributed by atoms with E-state index in [-0.39, 0.29) is 11.5 Å². The van der Waals surface area contributed by atoms with Crippen LogP contribution in [0.1, 0.15) is 27.6 Å². The topological polar surface area (TPSA) is 46.2 Å². The highest BCUT2D eigenvalue weighted by Gasteiger charge is 2.09. The van der Waals surface area contributed by atoms with E-state index in [4.69, 9.17) is 0 Å². The standard InChI is InChI=1S/C15H12FNO2/c1-10(18)11-6-8-12(9-7-11)15(19)17-14-5-3-2-4-13(14)16/h2-9H,1H3,(H,17,19). The lowest BCUT2D eigenvalue weighted by Gasteiger charge is -2.06. The van der Waals surface area contributed by atoms with Crippen molar-refractivity contribution in [3.63, 3.8) is 0 Å². The van der Waals surface area contributed by atoms with Crippen LogP contribution in [0, 0.1) is 5.82 Å². The Morgan fingerprint density at radius 2 is 1.53 bits per heavy atom. The molecule has 0 aliphatic rings. The Hall–Kier alpha value is -2.49. The van der Waals surface area contributed by atoms with E-state index in [9.17, 15) is 14.0 Å². The van der Waals surface area contributed by atoms with Gasteiger partial charge in [0.05, 0.1) is 5.69 Å². The number of Topliss-reactive ketones (excluding diaryl/α,β-unsaturated/α-hetero) is 1. The van der Waals surface area contributed by atoms with Gasteiger partial charge in [-0.15, -0.1) is 0 Å². The molecular formula is C15H12FNO2. The van der Waals surface area contributed by atoms with Gasteiger partial charge in [0.15, 0.2) is 5.78 Å². The fraction of sp³-hybridized carbons (Fsp3) is 0.0667. The Kier molecular flexibility index (Phi) is 3.71. The molecule has 0 bridgehead atoms. The van der Waals surface area contributed by atoms with Crippen molar-refractivity contribution in [2.24, 2.45) is 0 Å². The molecule has 0 aliphatic carbocycles. The minimum Gasteiger partial charge on any atom is -0.319 e. The summed E-state index contributed by atoms with van der Waals surface area (Å²) in [6.45, 7) is 1.45. The molecule has 0 aromatic heterocycles. The van der Waals surface area contributed by atoms with E-state index in [2.05, 4.69) is 5.32 Å². The number of carbonyl (C=O) groups is 2. The Labute approximate surface area is 110 Å². The summed E-state index contributed by atoms with van der Waals surface area (Å²) in [4.78, 5) is 23.0. The number of hydrogen-bond acceptors (Lipinski definition) is 2. The summed E-state index contributed by atoms with van der Waals surface area (Å²) in [5.41, 5.74) is 1.03. The molecule has 0 radical (unpaired) electrons. The molecule has 0 heterocycles. The Balaban J connectivity index is 2.16. The monoisotopic (exact) mass is 257 g/mol. The molecule has 0 fully saturated rings. The molecule has 19 heavy (non-hydrogen) atoms. The van der Waals surface area contributed by atoms with Gasteiger partial charge in [0.2, 0.25) is 0 Å². The van der Waals surface area contributed by atoms with Gasteiger partial charge in [-0.1, -0.05) is 24.3 Å². The summed E-state index contributed by atoms with van der Waals surface area (Å²) in [7, 11) is 0. The number of amides is 1. The highest BCUT2D eigenvalue weighted by atomic mass is 19.1. The maximum absolute atomic E-state index is 13.4.